The minimum atomic E-state index is 0.440. The Morgan fingerprint density at radius 2 is 0.811 bits per heavy atom. The molecule has 3 aromatic rings. The maximum Gasteiger partial charge on any atom is 0.119 e. The summed E-state index contributed by atoms with van der Waals surface area (Å²) >= 11 is 0. The van der Waals surface area contributed by atoms with Crippen molar-refractivity contribution in [2.75, 3.05) is 0 Å². The molecule has 1 N–H and O–H groups in total. The molecule has 0 aliphatic carbocycles. The first-order valence-corrected chi connectivity index (χ1v) is 15.1. The second kappa shape index (κ2) is 15.7. The Bertz CT molecular complexity index is 1090. The zero-order valence-corrected chi connectivity index (χ0v) is 24.0. The zero-order valence-electron chi connectivity index (χ0n) is 24.0. The molecule has 200 valence electrons. The molecule has 0 atom stereocenters. The molecule has 0 saturated carbocycles. The van der Waals surface area contributed by atoms with Gasteiger partial charge in [0, 0.05) is 12.0 Å². The highest BCUT2D eigenvalue weighted by atomic mass is 16.3. The number of rotatable bonds is 16. The van der Waals surface area contributed by atoms with Gasteiger partial charge in [-0.15, -0.1) is 0 Å². The summed E-state index contributed by atoms with van der Waals surface area (Å²) < 4.78 is 0. The van der Waals surface area contributed by atoms with E-state index in [0.717, 1.165) is 37.7 Å². The van der Waals surface area contributed by atoms with E-state index < -0.39 is 0 Å². The fourth-order valence-electron chi connectivity index (χ4n) is 5.65. The largest absolute Gasteiger partial charge is 0.508 e. The lowest BCUT2D eigenvalue weighted by Gasteiger charge is -2.19. The van der Waals surface area contributed by atoms with Crippen LogP contribution in [-0.2, 0) is 38.5 Å². The van der Waals surface area contributed by atoms with Crippen molar-refractivity contribution in [1.82, 2.24) is 0 Å². The van der Waals surface area contributed by atoms with E-state index >= 15 is 0 Å². The third kappa shape index (κ3) is 8.22. The molecule has 1 heteroatoms. The van der Waals surface area contributed by atoms with Crippen LogP contribution in [0.3, 0.4) is 0 Å². The zero-order chi connectivity index (χ0) is 26.5. The average Bonchev–Trinajstić information content (AvgIpc) is 2.91. The van der Waals surface area contributed by atoms with E-state index in [9.17, 15) is 5.11 Å². The van der Waals surface area contributed by atoms with Gasteiger partial charge in [-0.1, -0.05) is 102 Å². The molecule has 0 bridgehead atoms. The topological polar surface area (TPSA) is 20.2 Å². The van der Waals surface area contributed by atoms with E-state index in [2.05, 4.69) is 70.2 Å². The van der Waals surface area contributed by atoms with Gasteiger partial charge < -0.3 is 5.11 Å². The van der Waals surface area contributed by atoms with Crippen molar-refractivity contribution in [3.05, 3.63) is 99.1 Å². The van der Waals surface area contributed by atoms with Gasteiger partial charge in [0.05, 0.1) is 0 Å². The molecular weight excluding hydrogens is 448 g/mol. The van der Waals surface area contributed by atoms with Crippen LogP contribution >= 0.6 is 0 Å². The Morgan fingerprint density at radius 1 is 0.432 bits per heavy atom. The van der Waals surface area contributed by atoms with Crippen LogP contribution in [-0.4, -0.2) is 5.11 Å². The van der Waals surface area contributed by atoms with Crippen molar-refractivity contribution in [3.63, 3.8) is 0 Å². The van der Waals surface area contributed by atoms with Crippen LogP contribution in [0.1, 0.15) is 124 Å². The summed E-state index contributed by atoms with van der Waals surface area (Å²) in [5, 5.41) is 11.1. The van der Waals surface area contributed by atoms with Gasteiger partial charge >= 0.3 is 0 Å². The van der Waals surface area contributed by atoms with Gasteiger partial charge in [0.15, 0.2) is 0 Å². The first kappa shape index (κ1) is 29.0. The molecule has 0 unspecified atom stereocenters. The SMILES string of the molecule is CCCCc1cccc(Cc2cccc(O)c2Cc2cccc(CCCC)c2CCCC)c1CCCC. The molecule has 0 spiro atoms. The highest BCUT2D eigenvalue weighted by Crippen LogP contribution is 2.31. The summed E-state index contributed by atoms with van der Waals surface area (Å²) in [6.07, 6.45) is 16.1. The Balaban J connectivity index is 1.98. The number of hydrogen-bond donors (Lipinski definition) is 1. The van der Waals surface area contributed by atoms with Crippen LogP contribution in [0, 0.1) is 0 Å². The molecule has 0 radical (unpaired) electrons. The van der Waals surface area contributed by atoms with Crippen molar-refractivity contribution in [2.24, 2.45) is 0 Å². The molecule has 37 heavy (non-hydrogen) atoms. The maximum atomic E-state index is 11.1. The van der Waals surface area contributed by atoms with Gasteiger partial charge in [0.1, 0.15) is 5.75 Å². The van der Waals surface area contributed by atoms with Crippen molar-refractivity contribution >= 4 is 0 Å². The number of hydrogen-bond acceptors (Lipinski definition) is 1. The van der Waals surface area contributed by atoms with Crippen LogP contribution < -0.4 is 0 Å². The lowest BCUT2D eigenvalue weighted by molar-refractivity contribution is 0.468. The van der Waals surface area contributed by atoms with Crippen molar-refractivity contribution in [3.8, 4) is 5.75 Å². The van der Waals surface area contributed by atoms with E-state index in [4.69, 9.17) is 0 Å². The number of benzene rings is 3. The van der Waals surface area contributed by atoms with E-state index in [0.29, 0.717) is 5.75 Å². The Hall–Kier alpha value is -2.54. The van der Waals surface area contributed by atoms with Crippen molar-refractivity contribution < 1.29 is 5.11 Å². The standard InChI is InChI=1S/C36H50O/c1-5-9-16-28-18-13-20-30(33(28)23-11-7-3)26-31-22-15-25-36(37)35(31)27-32-21-14-19-29(17-10-6-2)34(32)24-12-8-4/h13-15,18-22,25,37H,5-12,16-17,23-24,26-27H2,1-4H3. The molecule has 0 aromatic heterocycles. The summed E-state index contributed by atoms with van der Waals surface area (Å²) in [5.41, 5.74) is 11.3. The first-order valence-electron chi connectivity index (χ1n) is 15.1. The Morgan fingerprint density at radius 3 is 1.30 bits per heavy atom. The lowest BCUT2D eigenvalue weighted by Crippen LogP contribution is -2.06. The summed E-state index contributed by atoms with van der Waals surface area (Å²) in [6, 6.07) is 19.9. The molecule has 1 nitrogen and oxygen atoms in total. The molecule has 0 aliphatic rings. The highest BCUT2D eigenvalue weighted by Gasteiger charge is 2.16. The predicted molar refractivity (Wildman–Crippen MR) is 161 cm³/mol. The number of unbranched alkanes of at least 4 members (excludes halogenated alkanes) is 4. The van der Waals surface area contributed by atoms with Gasteiger partial charge in [-0.25, -0.2) is 0 Å². The number of aromatic hydroxyl groups is 1. The molecule has 0 amide bonds. The summed E-state index contributed by atoms with van der Waals surface area (Å²) in [4.78, 5) is 0. The maximum absolute atomic E-state index is 11.1. The van der Waals surface area contributed by atoms with Gasteiger partial charge in [-0.3, -0.25) is 0 Å². The van der Waals surface area contributed by atoms with Crippen molar-refractivity contribution in [1.29, 1.82) is 0 Å². The predicted octanol–water partition coefficient (Wildman–Crippen LogP) is 9.94. The summed E-state index contributed by atoms with van der Waals surface area (Å²) in [6.45, 7) is 9.11. The number of phenolic OH excluding ortho intramolecular Hbond substituents is 1. The van der Waals surface area contributed by atoms with Crippen molar-refractivity contribution in [2.45, 2.75) is 118 Å². The fourth-order valence-corrected chi connectivity index (χ4v) is 5.65. The Kier molecular flexibility index (Phi) is 12.3. The molecule has 0 heterocycles. The molecule has 0 fully saturated rings. The highest BCUT2D eigenvalue weighted by molar-refractivity contribution is 5.49. The number of aryl methyl sites for hydroxylation is 2. The van der Waals surface area contributed by atoms with Crippen LogP contribution in [0.25, 0.3) is 0 Å². The minimum absolute atomic E-state index is 0.440. The quantitative estimate of drug-likeness (QED) is 0.208. The fraction of sp³-hybridized carbons (Fsp3) is 0.500. The molecule has 3 aromatic carbocycles. The monoisotopic (exact) mass is 498 g/mol. The molecular formula is C36H50O. The van der Waals surface area contributed by atoms with E-state index in [1.54, 1.807) is 5.56 Å². The minimum Gasteiger partial charge on any atom is -0.508 e. The third-order valence-corrected chi connectivity index (χ3v) is 7.90. The van der Waals surface area contributed by atoms with Gasteiger partial charge in [0.25, 0.3) is 0 Å². The second-order valence-electron chi connectivity index (χ2n) is 10.8. The van der Waals surface area contributed by atoms with Crippen LogP contribution in [0.15, 0.2) is 54.6 Å². The third-order valence-electron chi connectivity index (χ3n) is 7.90. The van der Waals surface area contributed by atoms with Gasteiger partial charge in [-0.05, 0) is 103 Å². The normalized spacial score (nSPS) is 11.2. The summed E-state index contributed by atoms with van der Waals surface area (Å²) in [5.74, 6) is 0.440. The average molecular weight is 499 g/mol. The molecule has 0 aliphatic heterocycles. The number of phenols is 1. The van der Waals surface area contributed by atoms with Crippen LogP contribution in [0.4, 0.5) is 0 Å². The van der Waals surface area contributed by atoms with E-state index in [-0.39, 0.29) is 0 Å². The Labute approximate surface area is 227 Å². The van der Waals surface area contributed by atoms with Crippen LogP contribution in [0.5, 0.6) is 5.75 Å². The smallest absolute Gasteiger partial charge is 0.119 e. The summed E-state index contributed by atoms with van der Waals surface area (Å²) in [7, 11) is 0. The van der Waals surface area contributed by atoms with Gasteiger partial charge in [-0.2, -0.15) is 0 Å². The van der Waals surface area contributed by atoms with E-state index in [1.807, 2.05) is 12.1 Å². The second-order valence-corrected chi connectivity index (χ2v) is 10.8. The molecule has 3 rings (SSSR count). The van der Waals surface area contributed by atoms with Gasteiger partial charge in [0.2, 0.25) is 0 Å². The van der Waals surface area contributed by atoms with Crippen LogP contribution in [0.2, 0.25) is 0 Å². The first-order chi connectivity index (χ1) is 18.1. The molecule has 0 saturated heterocycles. The van der Waals surface area contributed by atoms with E-state index in [1.165, 1.54) is 91.2 Å². The lowest BCUT2D eigenvalue weighted by atomic mass is 9.86.